The average molecular weight is 425 g/mol. The molecule has 3 aromatic carbocycles. The first-order valence-corrected chi connectivity index (χ1v) is 10.5. The summed E-state index contributed by atoms with van der Waals surface area (Å²) in [5.74, 6) is 0.407. The average Bonchev–Trinajstić information content (AvgIpc) is 3.16. The second kappa shape index (κ2) is 8.04. The third-order valence-electron chi connectivity index (χ3n) is 5.08. The third-order valence-corrected chi connectivity index (χ3v) is 5.93. The van der Waals surface area contributed by atoms with E-state index >= 15 is 4.39 Å². The van der Waals surface area contributed by atoms with Gasteiger partial charge >= 0.3 is 0 Å². The van der Waals surface area contributed by atoms with Crippen LogP contribution in [-0.2, 0) is 11.4 Å². The van der Waals surface area contributed by atoms with Crippen molar-refractivity contribution in [1.29, 1.82) is 0 Å². The van der Waals surface area contributed by atoms with E-state index < -0.39 is 5.82 Å². The van der Waals surface area contributed by atoms with Gasteiger partial charge in [-0.25, -0.2) is 4.39 Å². The number of amides is 1. The maximum absolute atomic E-state index is 15.7. The molecule has 0 spiro atoms. The first-order valence-electron chi connectivity index (χ1n) is 9.71. The SMILES string of the molecule is O=C1CN(c2c(OCc3ccccc3)cc3ccc(OC4CNC4)cc3c2F)SN1. The quantitative estimate of drug-likeness (QED) is 0.591. The Bertz CT molecular complexity index is 1090. The number of nitrogens with one attached hydrogen (secondary N) is 2. The molecule has 1 amide bonds. The van der Waals surface area contributed by atoms with Crippen LogP contribution in [0.5, 0.6) is 11.5 Å². The van der Waals surface area contributed by atoms with Gasteiger partial charge in [-0.15, -0.1) is 0 Å². The summed E-state index contributed by atoms with van der Waals surface area (Å²) in [6.45, 7) is 1.93. The fourth-order valence-electron chi connectivity index (χ4n) is 3.41. The molecule has 0 aromatic heterocycles. The van der Waals surface area contributed by atoms with Gasteiger partial charge in [-0.05, 0) is 29.1 Å². The molecule has 0 unspecified atom stereocenters. The molecule has 2 heterocycles. The van der Waals surface area contributed by atoms with Gasteiger partial charge in [0.05, 0.1) is 12.1 Å². The first kappa shape index (κ1) is 19.0. The normalized spacial score (nSPS) is 16.4. The Morgan fingerprint density at radius 2 is 1.97 bits per heavy atom. The van der Waals surface area contributed by atoms with E-state index in [2.05, 4.69) is 10.0 Å². The highest BCUT2D eigenvalue weighted by Crippen LogP contribution is 2.41. The molecule has 6 nitrogen and oxygen atoms in total. The lowest BCUT2D eigenvalue weighted by Crippen LogP contribution is -2.50. The summed E-state index contributed by atoms with van der Waals surface area (Å²) in [6, 6.07) is 16.9. The number of benzene rings is 3. The van der Waals surface area contributed by atoms with Gasteiger partial charge in [-0.1, -0.05) is 36.4 Å². The zero-order valence-corrected chi connectivity index (χ0v) is 16.9. The van der Waals surface area contributed by atoms with Gasteiger partial charge in [0.2, 0.25) is 0 Å². The number of fused-ring (bicyclic) bond motifs is 1. The summed E-state index contributed by atoms with van der Waals surface area (Å²) >= 11 is 1.06. The highest BCUT2D eigenvalue weighted by atomic mass is 32.2. The molecule has 3 aromatic rings. The minimum absolute atomic E-state index is 0.0543. The lowest BCUT2D eigenvalue weighted by Gasteiger charge is -2.28. The van der Waals surface area contributed by atoms with Crippen LogP contribution in [0.4, 0.5) is 10.1 Å². The third kappa shape index (κ3) is 3.76. The van der Waals surface area contributed by atoms with E-state index in [1.165, 1.54) is 0 Å². The van der Waals surface area contributed by atoms with E-state index in [0.717, 1.165) is 30.8 Å². The maximum Gasteiger partial charge on any atom is 0.251 e. The number of nitrogens with zero attached hydrogens (tertiary/aromatic N) is 1. The van der Waals surface area contributed by atoms with Crippen LogP contribution in [0.3, 0.4) is 0 Å². The number of carbonyl (C=O) groups is 1. The van der Waals surface area contributed by atoms with Crippen LogP contribution in [0, 0.1) is 5.82 Å². The predicted molar refractivity (Wildman–Crippen MR) is 115 cm³/mol. The fourth-order valence-corrected chi connectivity index (χ4v) is 4.13. The molecule has 2 aliphatic rings. The monoisotopic (exact) mass is 425 g/mol. The molecule has 0 atom stereocenters. The molecule has 0 bridgehead atoms. The van der Waals surface area contributed by atoms with E-state index in [-0.39, 0.29) is 24.2 Å². The van der Waals surface area contributed by atoms with Crippen molar-refractivity contribution >= 4 is 34.5 Å². The van der Waals surface area contributed by atoms with Crippen LogP contribution in [0.25, 0.3) is 10.8 Å². The standard InChI is InChI=1S/C22H20FN3O3S/c23-21-18-9-16(29-17-10-24-11-17)7-6-15(18)8-19(22(21)26-12-20(27)25-30-26)28-13-14-4-2-1-3-5-14/h1-9,17,24H,10-13H2,(H,25,27). The molecular formula is C22H20FN3O3S. The highest BCUT2D eigenvalue weighted by molar-refractivity contribution is 7.99. The molecule has 0 radical (unpaired) electrons. The van der Waals surface area contributed by atoms with Crippen molar-refractivity contribution in [2.75, 3.05) is 23.9 Å². The van der Waals surface area contributed by atoms with Crippen molar-refractivity contribution in [2.45, 2.75) is 12.7 Å². The molecule has 5 rings (SSSR count). The zero-order valence-electron chi connectivity index (χ0n) is 16.1. The zero-order chi connectivity index (χ0) is 20.5. The number of anilines is 1. The summed E-state index contributed by atoms with van der Waals surface area (Å²) in [5, 5.41) is 4.29. The molecule has 0 aliphatic carbocycles. The van der Waals surface area contributed by atoms with Gasteiger partial charge in [0.25, 0.3) is 5.91 Å². The van der Waals surface area contributed by atoms with Gasteiger partial charge in [-0.3, -0.25) is 13.8 Å². The second-order valence-corrected chi connectivity index (χ2v) is 8.07. The Morgan fingerprint density at radius 1 is 1.13 bits per heavy atom. The van der Waals surface area contributed by atoms with Gasteiger partial charge < -0.3 is 14.8 Å². The Labute approximate surface area is 177 Å². The van der Waals surface area contributed by atoms with Crippen LogP contribution in [0.2, 0.25) is 0 Å². The molecule has 2 aliphatic heterocycles. The molecular weight excluding hydrogens is 405 g/mol. The van der Waals surface area contributed by atoms with Crippen LogP contribution >= 0.6 is 12.1 Å². The van der Waals surface area contributed by atoms with Gasteiger partial charge in [0.15, 0.2) is 5.82 Å². The molecule has 0 saturated carbocycles. The first-order chi connectivity index (χ1) is 14.7. The Hall–Kier alpha value is -2.97. The summed E-state index contributed by atoms with van der Waals surface area (Å²) in [7, 11) is 0. The van der Waals surface area contributed by atoms with Crippen LogP contribution in [0.1, 0.15) is 5.56 Å². The summed E-state index contributed by atoms with van der Waals surface area (Å²) in [6.07, 6.45) is 0.106. The molecule has 30 heavy (non-hydrogen) atoms. The molecule has 2 fully saturated rings. The van der Waals surface area contributed by atoms with Gasteiger partial charge in [0, 0.05) is 18.5 Å². The minimum atomic E-state index is -0.434. The van der Waals surface area contributed by atoms with Crippen molar-refractivity contribution in [3.63, 3.8) is 0 Å². The van der Waals surface area contributed by atoms with Crippen molar-refractivity contribution in [2.24, 2.45) is 0 Å². The lowest BCUT2D eigenvalue weighted by atomic mass is 10.1. The largest absolute Gasteiger partial charge is 0.488 e. The molecule has 154 valence electrons. The summed E-state index contributed by atoms with van der Waals surface area (Å²) < 4.78 is 31.8. The smallest absolute Gasteiger partial charge is 0.251 e. The number of hydrogen-bond acceptors (Lipinski definition) is 6. The van der Waals surface area contributed by atoms with Gasteiger partial charge in [-0.2, -0.15) is 0 Å². The Morgan fingerprint density at radius 3 is 2.67 bits per heavy atom. The van der Waals surface area contributed by atoms with Gasteiger partial charge in [0.1, 0.15) is 36.4 Å². The van der Waals surface area contributed by atoms with E-state index in [9.17, 15) is 4.79 Å². The molecule has 2 saturated heterocycles. The number of ether oxygens (including phenoxy) is 2. The number of carbonyl (C=O) groups excluding carboxylic acids is 1. The maximum atomic E-state index is 15.7. The van der Waals surface area contributed by atoms with E-state index in [1.54, 1.807) is 10.4 Å². The molecule has 2 N–H and O–H groups in total. The number of halogens is 1. The number of hydrogen-bond donors (Lipinski definition) is 2. The van der Waals surface area contributed by atoms with Crippen LogP contribution in [0.15, 0.2) is 54.6 Å². The van der Waals surface area contributed by atoms with E-state index in [4.69, 9.17) is 9.47 Å². The van der Waals surface area contributed by atoms with Crippen molar-refractivity contribution in [3.8, 4) is 11.5 Å². The van der Waals surface area contributed by atoms with Crippen LogP contribution < -0.4 is 23.8 Å². The van der Waals surface area contributed by atoms with Crippen molar-refractivity contribution in [1.82, 2.24) is 10.0 Å². The van der Waals surface area contributed by atoms with E-state index in [1.807, 2.05) is 48.5 Å². The summed E-state index contributed by atoms with van der Waals surface area (Å²) in [4.78, 5) is 11.7. The lowest BCUT2D eigenvalue weighted by molar-refractivity contribution is -0.117. The number of rotatable bonds is 6. The second-order valence-electron chi connectivity index (χ2n) is 7.25. The fraction of sp³-hybridized carbons (Fsp3) is 0.227. The van der Waals surface area contributed by atoms with Crippen LogP contribution in [-0.4, -0.2) is 31.6 Å². The predicted octanol–water partition coefficient (Wildman–Crippen LogP) is 3.41. The minimum Gasteiger partial charge on any atom is -0.488 e. The van der Waals surface area contributed by atoms with Crippen molar-refractivity contribution in [3.05, 3.63) is 66.0 Å². The topological polar surface area (TPSA) is 62.8 Å². The van der Waals surface area contributed by atoms with Crippen molar-refractivity contribution < 1.29 is 18.7 Å². The highest BCUT2D eigenvalue weighted by Gasteiger charge is 2.28. The van der Waals surface area contributed by atoms with E-state index in [0.29, 0.717) is 28.9 Å². The molecule has 8 heteroatoms. The Kier molecular flexibility index (Phi) is 5.10. The Balaban J connectivity index is 1.52. The summed E-state index contributed by atoms with van der Waals surface area (Å²) in [5.41, 5.74) is 1.23.